The molecule has 0 amide bonds. The monoisotopic (exact) mass is 538 g/mol. The molecular formula is C26H38N10O3. The number of methoxy groups -OCH3 is 2. The maximum atomic E-state index is 11.4. The second kappa shape index (κ2) is 16.3. The van der Waals surface area contributed by atoms with Gasteiger partial charge in [0.1, 0.15) is 18.0 Å². The van der Waals surface area contributed by atoms with Crippen LogP contribution in [-0.4, -0.2) is 72.5 Å². The lowest BCUT2D eigenvalue weighted by Gasteiger charge is -2.28. The number of nitrogens with one attached hydrogen (secondary N) is 3. The molecule has 13 heteroatoms. The zero-order valence-electron chi connectivity index (χ0n) is 23.1. The molecule has 3 aromatic rings. The van der Waals surface area contributed by atoms with Gasteiger partial charge in [-0.05, 0) is 24.6 Å². The molecule has 3 heterocycles. The van der Waals surface area contributed by atoms with Crippen molar-refractivity contribution >= 4 is 23.8 Å². The molecule has 1 aliphatic rings. The molecule has 5 N–H and O–H groups in total. The van der Waals surface area contributed by atoms with Crippen LogP contribution in [0.25, 0.3) is 0 Å². The zero-order valence-corrected chi connectivity index (χ0v) is 23.1. The van der Waals surface area contributed by atoms with E-state index in [-0.39, 0.29) is 23.6 Å². The topological polar surface area (TPSA) is 171 Å². The number of aryl methyl sites for hydroxylation is 1. The predicted octanol–water partition coefficient (Wildman–Crippen LogP) is 1.94. The summed E-state index contributed by atoms with van der Waals surface area (Å²) in [6.07, 6.45) is 6.11. The Labute approximate surface area is 228 Å². The number of rotatable bonds is 7. The van der Waals surface area contributed by atoms with Gasteiger partial charge in [0, 0.05) is 44.9 Å². The zero-order chi connectivity index (χ0) is 28.6. The third-order valence-electron chi connectivity index (χ3n) is 5.32. The largest absolute Gasteiger partial charge is 0.493 e. The second-order valence-electron chi connectivity index (χ2n) is 7.91. The van der Waals surface area contributed by atoms with E-state index in [1.54, 1.807) is 25.4 Å². The molecule has 0 bridgehead atoms. The molecule has 1 aliphatic heterocycles. The van der Waals surface area contributed by atoms with Crippen LogP contribution in [0.1, 0.15) is 25.1 Å². The molecule has 1 fully saturated rings. The van der Waals surface area contributed by atoms with E-state index in [2.05, 4.69) is 35.3 Å². The number of H-pyrrole nitrogens is 1. The van der Waals surface area contributed by atoms with Crippen molar-refractivity contribution in [2.45, 2.75) is 27.2 Å². The fourth-order valence-corrected chi connectivity index (χ4v) is 3.56. The Morgan fingerprint density at radius 3 is 2.51 bits per heavy atom. The lowest BCUT2D eigenvalue weighted by molar-refractivity contribution is 0.354. The molecule has 0 atom stereocenters. The third-order valence-corrected chi connectivity index (χ3v) is 5.32. The van der Waals surface area contributed by atoms with Crippen LogP contribution in [0.2, 0.25) is 0 Å². The Morgan fingerprint density at radius 2 is 1.90 bits per heavy atom. The Balaban J connectivity index is 0.000000298. The number of nitrogens with zero attached hydrogens (tertiary/aromatic N) is 6. The summed E-state index contributed by atoms with van der Waals surface area (Å²) in [7, 11) is 3.09. The molecule has 1 aromatic carbocycles. The highest BCUT2D eigenvalue weighted by molar-refractivity contribution is 5.96. The number of hydrazone groups is 1. The van der Waals surface area contributed by atoms with Crippen LogP contribution in [0.3, 0.4) is 0 Å². The van der Waals surface area contributed by atoms with Crippen LogP contribution in [0.4, 0.5) is 11.6 Å². The van der Waals surface area contributed by atoms with Crippen LogP contribution in [0, 0.1) is 12.3 Å². The smallest absolute Gasteiger partial charge is 0.252 e. The normalized spacial score (nSPS) is 12.5. The Bertz CT molecular complexity index is 1260. The van der Waals surface area contributed by atoms with Crippen LogP contribution >= 0.6 is 0 Å². The summed E-state index contributed by atoms with van der Waals surface area (Å²) >= 11 is 0. The minimum atomic E-state index is -0.351. The fourth-order valence-electron chi connectivity index (χ4n) is 3.56. The maximum Gasteiger partial charge on any atom is 0.252 e. The van der Waals surface area contributed by atoms with Gasteiger partial charge in [-0.15, -0.1) is 0 Å². The number of nitrogens with two attached hydrogens (primary N) is 1. The minimum absolute atomic E-state index is 0.0852. The van der Waals surface area contributed by atoms with Crippen molar-refractivity contribution in [2.24, 2.45) is 10.8 Å². The summed E-state index contributed by atoms with van der Waals surface area (Å²) in [5.74, 6) is 2.45. The maximum absolute atomic E-state index is 11.4. The van der Waals surface area contributed by atoms with Gasteiger partial charge in [0.2, 0.25) is 0 Å². The van der Waals surface area contributed by atoms with Crippen molar-refractivity contribution in [1.29, 1.82) is 5.41 Å². The summed E-state index contributed by atoms with van der Waals surface area (Å²) in [6, 6.07) is 6.56. The number of hydrogen-bond donors (Lipinski definition) is 4. The van der Waals surface area contributed by atoms with Gasteiger partial charge < -0.3 is 30.4 Å². The highest BCUT2D eigenvalue weighted by Gasteiger charge is 2.15. The first-order chi connectivity index (χ1) is 18.9. The summed E-state index contributed by atoms with van der Waals surface area (Å²) in [4.78, 5) is 28.7. The van der Waals surface area contributed by atoms with E-state index in [0.29, 0.717) is 11.5 Å². The number of piperazine rings is 1. The number of hydrogen-bond acceptors (Lipinski definition) is 10. The molecule has 0 aliphatic carbocycles. The molecule has 39 heavy (non-hydrogen) atoms. The van der Waals surface area contributed by atoms with Crippen molar-refractivity contribution in [2.75, 3.05) is 50.3 Å². The van der Waals surface area contributed by atoms with Crippen LogP contribution in [0.15, 0.2) is 52.9 Å². The van der Waals surface area contributed by atoms with Gasteiger partial charge >= 0.3 is 0 Å². The average Bonchev–Trinajstić information content (AvgIpc) is 2.97. The highest BCUT2D eigenvalue weighted by atomic mass is 16.5. The molecule has 0 saturated carbocycles. The quantitative estimate of drug-likeness (QED) is 0.198. The van der Waals surface area contributed by atoms with Gasteiger partial charge in [0.05, 0.1) is 32.4 Å². The van der Waals surface area contributed by atoms with Gasteiger partial charge in [-0.25, -0.2) is 9.97 Å². The first-order valence-electron chi connectivity index (χ1n) is 12.6. The van der Waals surface area contributed by atoms with Gasteiger partial charge in [0.15, 0.2) is 17.3 Å². The average molecular weight is 539 g/mol. The van der Waals surface area contributed by atoms with Crippen LogP contribution in [-0.2, 0) is 6.42 Å². The highest BCUT2D eigenvalue weighted by Crippen LogP contribution is 2.28. The third kappa shape index (κ3) is 9.38. The Hall–Kier alpha value is -4.52. The molecule has 0 spiro atoms. The fraction of sp³-hybridized carbons (Fsp3) is 0.385. The SMILES string of the molecule is CC.COc1ccc(CC(=N)N(/N=C/N)c2cc(=O)[nH]cn2)cc1OC.Cc1cncc(N2CCNCC2)n1. The summed E-state index contributed by atoms with van der Waals surface area (Å²) < 4.78 is 10.4. The molecule has 13 nitrogen and oxygen atoms in total. The number of ether oxygens (including phenoxy) is 2. The van der Waals surface area contributed by atoms with E-state index >= 15 is 0 Å². The number of benzene rings is 1. The van der Waals surface area contributed by atoms with E-state index < -0.39 is 0 Å². The van der Waals surface area contributed by atoms with Gasteiger partial charge in [0.25, 0.3) is 5.56 Å². The molecule has 2 aromatic heterocycles. The predicted molar refractivity (Wildman–Crippen MR) is 154 cm³/mol. The molecule has 1 saturated heterocycles. The molecular weight excluding hydrogens is 500 g/mol. The van der Waals surface area contributed by atoms with Crippen molar-refractivity contribution in [3.05, 3.63) is 64.6 Å². The van der Waals surface area contributed by atoms with Crippen molar-refractivity contribution in [1.82, 2.24) is 25.3 Å². The summed E-state index contributed by atoms with van der Waals surface area (Å²) in [5, 5.41) is 16.6. The van der Waals surface area contributed by atoms with Crippen LogP contribution in [0.5, 0.6) is 11.5 Å². The first kappa shape index (κ1) is 30.7. The van der Waals surface area contributed by atoms with E-state index in [0.717, 1.165) is 49.6 Å². The molecule has 0 radical (unpaired) electrons. The summed E-state index contributed by atoms with van der Waals surface area (Å²) in [6.45, 7) is 10.1. The van der Waals surface area contributed by atoms with Gasteiger partial charge in [-0.3, -0.25) is 15.2 Å². The number of anilines is 2. The first-order valence-corrected chi connectivity index (χ1v) is 12.6. The van der Waals surface area contributed by atoms with E-state index in [9.17, 15) is 4.79 Å². The minimum Gasteiger partial charge on any atom is -0.493 e. The molecule has 210 valence electrons. The lowest BCUT2D eigenvalue weighted by atomic mass is 10.1. The number of aromatic nitrogens is 4. The summed E-state index contributed by atoms with van der Waals surface area (Å²) in [5.41, 5.74) is 6.78. The molecule has 4 rings (SSSR count). The van der Waals surface area contributed by atoms with Crippen molar-refractivity contribution < 1.29 is 9.47 Å². The van der Waals surface area contributed by atoms with Gasteiger partial charge in [-0.1, -0.05) is 19.9 Å². The van der Waals surface area contributed by atoms with E-state index in [1.165, 1.54) is 24.5 Å². The van der Waals surface area contributed by atoms with Crippen LogP contribution < -0.4 is 36.0 Å². The van der Waals surface area contributed by atoms with Crippen molar-refractivity contribution in [3.8, 4) is 11.5 Å². The van der Waals surface area contributed by atoms with Crippen molar-refractivity contribution in [3.63, 3.8) is 0 Å². The Kier molecular flexibility index (Phi) is 12.9. The van der Waals surface area contributed by atoms with Gasteiger partial charge in [-0.2, -0.15) is 10.1 Å². The lowest BCUT2D eigenvalue weighted by Crippen LogP contribution is -2.44. The standard InChI is InChI=1S/C15H18N6O3.C9H14N4.C2H6/c1-23-11-4-3-10(5-12(11)24-2)6-13(17)21(20-8-16)14-7-15(22)19-9-18-14;1-8-6-11-7-9(12-8)13-4-2-10-3-5-13;1-2/h3-5,7-9,17H,6H2,1-2H3,(H2,16,20)(H,18,19,22);6-7,10H,2-5H2,1H3;1-2H3. The van der Waals surface area contributed by atoms with E-state index in [4.69, 9.17) is 20.6 Å². The Morgan fingerprint density at radius 1 is 1.18 bits per heavy atom. The second-order valence-corrected chi connectivity index (χ2v) is 7.91. The number of aromatic amines is 1. The van der Waals surface area contributed by atoms with E-state index in [1.807, 2.05) is 33.0 Å². The number of amidine groups is 1. The molecule has 0 unspecified atom stereocenters.